The molecule has 0 aliphatic carbocycles. The average Bonchev–Trinajstić information content (AvgIpc) is 3.13. The summed E-state index contributed by atoms with van der Waals surface area (Å²) in [5.41, 5.74) is 8.96. The minimum Gasteiger partial charge on any atom is -0.326 e. The molecule has 3 rings (SSSR count). The van der Waals surface area contributed by atoms with Crippen LogP contribution in [0.4, 0.5) is 0 Å². The van der Waals surface area contributed by atoms with Crippen LogP contribution in [0.5, 0.6) is 0 Å². The molecule has 0 aromatic heterocycles. The molecular weight excluding hydrogens is 625 g/mol. The second-order valence-corrected chi connectivity index (χ2v) is 14.7. The van der Waals surface area contributed by atoms with Gasteiger partial charge in [0.2, 0.25) is 0 Å². The molecule has 0 fully saturated rings. The maximum Gasteiger partial charge on any atom is 0.296 e. The van der Waals surface area contributed by atoms with Crippen LogP contribution in [0, 0.1) is 6.92 Å². The molecule has 0 aliphatic rings. The van der Waals surface area contributed by atoms with Crippen LogP contribution < -0.4 is 11.1 Å². The van der Waals surface area contributed by atoms with E-state index in [-0.39, 0.29) is 11.5 Å². The van der Waals surface area contributed by atoms with E-state index < -0.39 is 10.1 Å². The normalized spacial score (nSPS) is 10.9. The molecule has 0 aliphatic heterocycles. The van der Waals surface area contributed by atoms with Crippen LogP contribution in [0.15, 0.2) is 89.8 Å². The monoisotopic (exact) mass is 695 g/mol. The summed E-state index contributed by atoms with van der Waals surface area (Å²) in [6.07, 6.45) is 23.5. The molecule has 3 N–H and O–H groups in total. The third kappa shape index (κ3) is 26.0. The Bertz CT molecular complexity index is 1220. The highest BCUT2D eigenvalue weighted by Gasteiger charge is 2.14. The smallest absolute Gasteiger partial charge is 0.296 e. The summed E-state index contributed by atoms with van der Waals surface area (Å²) in [6, 6.07) is 27.4. The predicted octanol–water partition coefficient (Wildman–Crippen LogP) is 11.7. The fourth-order valence-electron chi connectivity index (χ4n) is 5.36. The Morgan fingerprint density at radius 1 is 0.551 bits per heavy atom. The Balaban J connectivity index is 0.000000403. The van der Waals surface area contributed by atoms with E-state index in [1.165, 1.54) is 114 Å². The van der Waals surface area contributed by atoms with Crippen molar-refractivity contribution in [2.24, 2.45) is 5.73 Å². The van der Waals surface area contributed by atoms with Gasteiger partial charge < -0.3 is 11.1 Å². The highest BCUT2D eigenvalue weighted by molar-refractivity contribution is 7.86. The first-order valence-corrected chi connectivity index (χ1v) is 20.8. The zero-order valence-corrected chi connectivity index (χ0v) is 32.2. The number of rotatable bonds is 25. The zero-order valence-electron chi connectivity index (χ0n) is 31.3. The van der Waals surface area contributed by atoms with Crippen LogP contribution in [0.25, 0.3) is 0 Å². The topological polar surface area (TPSA) is 81.4 Å². The van der Waals surface area contributed by atoms with E-state index >= 15 is 0 Å². The van der Waals surface area contributed by atoms with Crippen molar-refractivity contribution in [1.82, 2.24) is 5.32 Å². The second kappa shape index (κ2) is 31.5. The first kappa shape index (κ1) is 44.5. The lowest BCUT2D eigenvalue weighted by Gasteiger charge is -2.06. The van der Waals surface area contributed by atoms with Gasteiger partial charge in [-0.2, -0.15) is 8.42 Å². The van der Waals surface area contributed by atoms with Crippen LogP contribution in [0.1, 0.15) is 146 Å². The standard InChI is InChI=1S/C18H31N.C18H30O3S.C7H9N/c1-2-3-4-5-6-7-8-9-13-16-19-17-18-14-11-10-12-15-18;1-3-4-5-6-7-8-9-10-11-16-21-22(19,20)18-14-12-17(2)13-15-18;8-6-7-4-2-1-3-5-7/h10-12,14-15,19H,2-9,13,16-17H2,1H3;12-15H,3-11,16H2,1-2H3;1-5H,6,8H2. The van der Waals surface area contributed by atoms with Gasteiger partial charge in [0, 0.05) is 13.1 Å². The Labute approximate surface area is 302 Å². The zero-order chi connectivity index (χ0) is 35.7. The van der Waals surface area contributed by atoms with Gasteiger partial charge in [0.05, 0.1) is 11.5 Å². The van der Waals surface area contributed by atoms with E-state index in [0.29, 0.717) is 6.54 Å². The number of nitrogens with two attached hydrogens (primary N) is 1. The summed E-state index contributed by atoms with van der Waals surface area (Å²) in [6.45, 7) is 9.53. The third-order valence-electron chi connectivity index (χ3n) is 8.50. The van der Waals surface area contributed by atoms with Gasteiger partial charge in [-0.3, -0.25) is 4.18 Å². The Morgan fingerprint density at radius 3 is 1.43 bits per heavy atom. The second-order valence-electron chi connectivity index (χ2n) is 13.1. The van der Waals surface area contributed by atoms with Gasteiger partial charge in [-0.25, -0.2) is 0 Å². The molecule has 49 heavy (non-hydrogen) atoms. The lowest BCUT2D eigenvalue weighted by molar-refractivity contribution is 0.306. The Hall–Kier alpha value is -2.51. The van der Waals surface area contributed by atoms with Crippen LogP contribution in [0.3, 0.4) is 0 Å². The Kier molecular flexibility index (Phi) is 28.6. The molecule has 0 radical (unpaired) electrons. The lowest BCUT2D eigenvalue weighted by atomic mass is 10.1. The Morgan fingerprint density at radius 2 is 0.980 bits per heavy atom. The first-order chi connectivity index (χ1) is 23.9. The van der Waals surface area contributed by atoms with E-state index in [1.807, 2.05) is 37.3 Å². The van der Waals surface area contributed by atoms with E-state index in [2.05, 4.69) is 49.5 Å². The van der Waals surface area contributed by atoms with Crippen molar-refractivity contribution in [3.63, 3.8) is 0 Å². The molecule has 0 heterocycles. The molecule has 0 saturated heterocycles. The van der Waals surface area contributed by atoms with Crippen molar-refractivity contribution in [3.05, 3.63) is 102 Å². The molecule has 0 bridgehead atoms. The van der Waals surface area contributed by atoms with Crippen molar-refractivity contribution in [3.8, 4) is 0 Å². The summed E-state index contributed by atoms with van der Waals surface area (Å²) in [7, 11) is -3.58. The first-order valence-electron chi connectivity index (χ1n) is 19.4. The number of benzene rings is 3. The highest BCUT2D eigenvalue weighted by atomic mass is 32.2. The minimum absolute atomic E-state index is 0.244. The SMILES string of the molecule is CCCCCCCCCCCNCc1ccccc1.CCCCCCCCCCCOS(=O)(=O)c1ccc(C)cc1.NCc1ccccc1. The van der Waals surface area contributed by atoms with Crippen LogP contribution >= 0.6 is 0 Å². The van der Waals surface area contributed by atoms with E-state index in [0.717, 1.165) is 31.5 Å². The van der Waals surface area contributed by atoms with Crippen molar-refractivity contribution in [2.75, 3.05) is 13.2 Å². The summed E-state index contributed by atoms with van der Waals surface area (Å²) in [4.78, 5) is 0.244. The molecule has 6 heteroatoms. The quantitative estimate of drug-likeness (QED) is 0.0681. The number of hydrogen-bond donors (Lipinski definition) is 2. The van der Waals surface area contributed by atoms with E-state index in [4.69, 9.17) is 9.92 Å². The highest BCUT2D eigenvalue weighted by Crippen LogP contribution is 2.15. The van der Waals surface area contributed by atoms with Crippen molar-refractivity contribution in [2.45, 2.75) is 154 Å². The molecule has 0 amide bonds. The number of aryl methyl sites for hydroxylation is 1. The van der Waals surface area contributed by atoms with Gasteiger partial charge in [0.1, 0.15) is 0 Å². The van der Waals surface area contributed by atoms with Gasteiger partial charge in [-0.05, 0) is 49.6 Å². The van der Waals surface area contributed by atoms with Gasteiger partial charge in [0.25, 0.3) is 10.1 Å². The lowest BCUT2D eigenvalue weighted by Crippen LogP contribution is -2.14. The van der Waals surface area contributed by atoms with E-state index in [1.54, 1.807) is 24.3 Å². The summed E-state index contributed by atoms with van der Waals surface area (Å²) in [5, 5.41) is 3.52. The summed E-state index contributed by atoms with van der Waals surface area (Å²) >= 11 is 0. The van der Waals surface area contributed by atoms with E-state index in [9.17, 15) is 8.42 Å². The van der Waals surface area contributed by atoms with Gasteiger partial charge >= 0.3 is 0 Å². The molecule has 3 aromatic carbocycles. The number of unbranched alkanes of at least 4 members (excludes halogenated alkanes) is 16. The maximum absolute atomic E-state index is 12.0. The third-order valence-corrected chi connectivity index (χ3v) is 9.83. The van der Waals surface area contributed by atoms with Crippen molar-refractivity contribution in [1.29, 1.82) is 0 Å². The number of nitrogens with one attached hydrogen (secondary N) is 1. The van der Waals surface area contributed by atoms with Gasteiger partial charge in [-0.15, -0.1) is 0 Å². The van der Waals surface area contributed by atoms with Crippen LogP contribution in [0.2, 0.25) is 0 Å². The molecular formula is C43H70N2O3S. The predicted molar refractivity (Wildman–Crippen MR) is 211 cm³/mol. The van der Waals surface area contributed by atoms with Crippen LogP contribution in [-0.4, -0.2) is 21.6 Å². The average molecular weight is 695 g/mol. The molecule has 5 nitrogen and oxygen atoms in total. The fraction of sp³-hybridized carbons (Fsp3) is 0.581. The fourth-order valence-corrected chi connectivity index (χ4v) is 6.30. The van der Waals surface area contributed by atoms with Gasteiger partial charge in [0.15, 0.2) is 0 Å². The minimum atomic E-state index is -3.58. The molecule has 0 unspecified atom stereocenters. The summed E-state index contributed by atoms with van der Waals surface area (Å²) < 4.78 is 29.0. The summed E-state index contributed by atoms with van der Waals surface area (Å²) in [5.74, 6) is 0. The van der Waals surface area contributed by atoms with Crippen molar-refractivity contribution >= 4 is 10.1 Å². The maximum atomic E-state index is 12.0. The largest absolute Gasteiger partial charge is 0.326 e. The molecule has 0 saturated carbocycles. The molecule has 276 valence electrons. The molecule has 0 spiro atoms. The van der Waals surface area contributed by atoms with Gasteiger partial charge in [-0.1, -0.05) is 195 Å². The van der Waals surface area contributed by atoms with Crippen LogP contribution in [-0.2, 0) is 27.4 Å². The molecule has 3 aromatic rings. The van der Waals surface area contributed by atoms with Crippen molar-refractivity contribution < 1.29 is 12.6 Å². The number of hydrogen-bond acceptors (Lipinski definition) is 5. The molecule has 0 atom stereocenters.